The predicted molar refractivity (Wildman–Crippen MR) is 74.4 cm³/mol. The van der Waals surface area contributed by atoms with Gasteiger partial charge in [-0.15, -0.1) is 0 Å². The van der Waals surface area contributed by atoms with Gasteiger partial charge in [-0.3, -0.25) is 0 Å². The molecule has 0 bridgehead atoms. The van der Waals surface area contributed by atoms with E-state index >= 15 is 0 Å². The van der Waals surface area contributed by atoms with E-state index < -0.39 is 0 Å². The van der Waals surface area contributed by atoms with E-state index in [2.05, 4.69) is 25.2 Å². The lowest BCUT2D eigenvalue weighted by Crippen LogP contribution is -2.24. The highest BCUT2D eigenvalue weighted by atomic mass is 35.5. The van der Waals surface area contributed by atoms with E-state index in [9.17, 15) is 0 Å². The number of hydrogen-bond donors (Lipinski definition) is 1. The fraction of sp³-hybridized carbons (Fsp3) is 0.429. The Morgan fingerprint density at radius 1 is 1.44 bits per heavy atom. The van der Waals surface area contributed by atoms with Crippen LogP contribution >= 0.6 is 11.6 Å². The molecular formula is C14H18ClNO2. The number of halogens is 1. The minimum Gasteiger partial charge on any atom is -0.454 e. The third-order valence-electron chi connectivity index (χ3n) is 2.74. The molecule has 0 spiro atoms. The number of fused-ring (bicyclic) bond motifs is 1. The lowest BCUT2D eigenvalue weighted by atomic mass is 10.1. The molecule has 1 N–H and O–H groups in total. The molecule has 0 saturated heterocycles. The van der Waals surface area contributed by atoms with Crippen LogP contribution in [0.25, 0.3) is 6.08 Å². The Kier molecular flexibility index (Phi) is 4.50. The smallest absolute Gasteiger partial charge is 0.231 e. The van der Waals surface area contributed by atoms with Crippen molar-refractivity contribution in [3.05, 3.63) is 28.8 Å². The van der Waals surface area contributed by atoms with Crippen molar-refractivity contribution >= 4 is 17.7 Å². The first-order chi connectivity index (χ1) is 8.70. The van der Waals surface area contributed by atoms with Gasteiger partial charge in [0, 0.05) is 6.04 Å². The Labute approximate surface area is 113 Å². The maximum absolute atomic E-state index is 6.12. The summed E-state index contributed by atoms with van der Waals surface area (Å²) in [6.07, 6.45) is 5.29. The highest BCUT2D eigenvalue weighted by Gasteiger charge is 2.17. The van der Waals surface area contributed by atoms with Crippen LogP contribution < -0.4 is 14.8 Å². The Bertz CT molecular complexity index is 446. The maximum Gasteiger partial charge on any atom is 0.231 e. The van der Waals surface area contributed by atoms with Crippen LogP contribution in [-0.2, 0) is 0 Å². The van der Waals surface area contributed by atoms with E-state index in [1.54, 1.807) is 0 Å². The van der Waals surface area contributed by atoms with E-state index in [1.165, 1.54) is 0 Å². The molecule has 3 nitrogen and oxygen atoms in total. The first-order valence-corrected chi connectivity index (χ1v) is 6.59. The molecule has 1 unspecified atom stereocenters. The van der Waals surface area contributed by atoms with Crippen LogP contribution in [0, 0.1) is 0 Å². The van der Waals surface area contributed by atoms with E-state index in [1.807, 2.05) is 18.2 Å². The molecule has 1 aromatic rings. The van der Waals surface area contributed by atoms with Crippen molar-refractivity contribution in [1.29, 1.82) is 0 Å². The van der Waals surface area contributed by atoms with Gasteiger partial charge in [-0.2, -0.15) is 0 Å². The minimum atomic E-state index is 0.247. The second-order valence-electron chi connectivity index (χ2n) is 4.34. The monoisotopic (exact) mass is 267 g/mol. The van der Waals surface area contributed by atoms with E-state index in [4.69, 9.17) is 21.1 Å². The van der Waals surface area contributed by atoms with Crippen molar-refractivity contribution in [2.75, 3.05) is 13.3 Å². The van der Waals surface area contributed by atoms with Crippen LogP contribution in [0.4, 0.5) is 0 Å². The summed E-state index contributed by atoms with van der Waals surface area (Å²) in [6, 6.07) is 4.17. The van der Waals surface area contributed by atoms with Crippen LogP contribution in [0.3, 0.4) is 0 Å². The van der Waals surface area contributed by atoms with Crippen LogP contribution in [0.1, 0.15) is 25.8 Å². The van der Waals surface area contributed by atoms with Gasteiger partial charge in [0.1, 0.15) is 0 Å². The van der Waals surface area contributed by atoms with E-state index in [0.29, 0.717) is 16.8 Å². The Hall–Kier alpha value is -1.19. The molecule has 0 saturated carbocycles. The highest BCUT2D eigenvalue weighted by Crippen LogP contribution is 2.40. The minimum absolute atomic E-state index is 0.247. The van der Waals surface area contributed by atoms with Gasteiger partial charge >= 0.3 is 0 Å². The summed E-state index contributed by atoms with van der Waals surface area (Å²) in [6.45, 7) is 5.55. The van der Waals surface area contributed by atoms with Crippen LogP contribution in [0.2, 0.25) is 5.02 Å². The van der Waals surface area contributed by atoms with Gasteiger partial charge in [-0.1, -0.05) is 30.7 Å². The molecule has 1 aliphatic heterocycles. The summed E-state index contributed by atoms with van der Waals surface area (Å²) in [5, 5.41) is 3.99. The quantitative estimate of drug-likeness (QED) is 0.886. The van der Waals surface area contributed by atoms with Crippen molar-refractivity contribution in [3.8, 4) is 11.5 Å². The molecule has 1 aliphatic rings. The zero-order valence-corrected chi connectivity index (χ0v) is 11.5. The third-order valence-corrected chi connectivity index (χ3v) is 3.02. The molecule has 1 aromatic carbocycles. The molecule has 0 aliphatic carbocycles. The summed E-state index contributed by atoms with van der Waals surface area (Å²) in [7, 11) is 0. The second kappa shape index (κ2) is 6.12. The maximum atomic E-state index is 6.12. The van der Waals surface area contributed by atoms with Crippen LogP contribution in [0.5, 0.6) is 11.5 Å². The predicted octanol–water partition coefficient (Wildman–Crippen LogP) is 3.47. The average molecular weight is 268 g/mol. The number of nitrogens with one attached hydrogen (secondary N) is 1. The number of hydrogen-bond acceptors (Lipinski definition) is 3. The standard InChI is InChI=1S/C14H18ClNO2/c1-3-6-16-10(2)4-5-11-7-12(15)14-13(8-11)17-9-18-14/h4-5,7-8,10,16H,3,6,9H2,1-2H3/b5-4+. The molecule has 2 rings (SSSR count). The Balaban J connectivity index is 2.06. The zero-order chi connectivity index (χ0) is 13.0. The Morgan fingerprint density at radius 3 is 3.06 bits per heavy atom. The molecule has 4 heteroatoms. The molecule has 0 radical (unpaired) electrons. The van der Waals surface area contributed by atoms with Crippen molar-refractivity contribution in [3.63, 3.8) is 0 Å². The van der Waals surface area contributed by atoms with E-state index in [-0.39, 0.29) is 6.79 Å². The van der Waals surface area contributed by atoms with Crippen LogP contribution in [0.15, 0.2) is 18.2 Å². The zero-order valence-electron chi connectivity index (χ0n) is 10.7. The summed E-state index contributed by atoms with van der Waals surface area (Å²) >= 11 is 6.12. The largest absolute Gasteiger partial charge is 0.454 e. The van der Waals surface area contributed by atoms with Gasteiger partial charge in [0.2, 0.25) is 6.79 Å². The summed E-state index contributed by atoms with van der Waals surface area (Å²) < 4.78 is 10.6. The third kappa shape index (κ3) is 3.18. The second-order valence-corrected chi connectivity index (χ2v) is 4.75. The summed E-state index contributed by atoms with van der Waals surface area (Å²) in [5.74, 6) is 1.36. The van der Waals surface area contributed by atoms with Gasteiger partial charge in [-0.25, -0.2) is 0 Å². The fourth-order valence-corrected chi connectivity index (χ4v) is 2.05. The summed E-state index contributed by atoms with van der Waals surface area (Å²) in [5.41, 5.74) is 1.02. The normalized spacial score (nSPS) is 15.3. The van der Waals surface area contributed by atoms with Crippen molar-refractivity contribution in [2.24, 2.45) is 0 Å². The topological polar surface area (TPSA) is 30.5 Å². The van der Waals surface area contributed by atoms with Gasteiger partial charge in [0.05, 0.1) is 5.02 Å². The molecule has 0 fully saturated rings. The van der Waals surface area contributed by atoms with Crippen LogP contribution in [-0.4, -0.2) is 19.4 Å². The average Bonchev–Trinajstić information content (AvgIpc) is 2.82. The van der Waals surface area contributed by atoms with Gasteiger partial charge in [-0.05, 0) is 37.6 Å². The highest BCUT2D eigenvalue weighted by molar-refractivity contribution is 6.32. The lowest BCUT2D eigenvalue weighted by Gasteiger charge is -2.07. The van der Waals surface area contributed by atoms with Crippen molar-refractivity contribution in [1.82, 2.24) is 5.32 Å². The number of rotatable bonds is 5. The molecule has 98 valence electrons. The molecule has 1 atom stereocenters. The van der Waals surface area contributed by atoms with Gasteiger partial charge in [0.15, 0.2) is 11.5 Å². The SMILES string of the molecule is CCCNC(C)/C=C/c1cc(Cl)c2c(c1)OCO2. The Morgan fingerprint density at radius 2 is 2.28 bits per heavy atom. The molecule has 0 amide bonds. The molecule has 1 heterocycles. The van der Waals surface area contributed by atoms with Crippen molar-refractivity contribution in [2.45, 2.75) is 26.3 Å². The number of benzene rings is 1. The van der Waals surface area contributed by atoms with Crippen molar-refractivity contribution < 1.29 is 9.47 Å². The molecule has 0 aromatic heterocycles. The summed E-state index contributed by atoms with van der Waals surface area (Å²) in [4.78, 5) is 0. The fourth-order valence-electron chi connectivity index (χ4n) is 1.78. The van der Waals surface area contributed by atoms with E-state index in [0.717, 1.165) is 24.3 Å². The lowest BCUT2D eigenvalue weighted by molar-refractivity contribution is 0.174. The molecular weight excluding hydrogens is 250 g/mol. The molecule has 18 heavy (non-hydrogen) atoms. The first-order valence-electron chi connectivity index (χ1n) is 6.21. The van der Waals surface area contributed by atoms with Gasteiger partial charge < -0.3 is 14.8 Å². The number of ether oxygens (including phenoxy) is 2. The first kappa shape index (κ1) is 13.2. The van der Waals surface area contributed by atoms with Gasteiger partial charge in [0.25, 0.3) is 0 Å².